The third kappa shape index (κ3) is 2.12. The maximum Gasteiger partial charge on any atom is -0.0140 e. The lowest BCUT2D eigenvalue weighted by molar-refractivity contribution is 0.295. The van der Waals surface area contributed by atoms with Gasteiger partial charge in [0.25, 0.3) is 0 Å². The Bertz CT molecular complexity index is 262. The molecule has 16 heavy (non-hydrogen) atoms. The van der Waals surface area contributed by atoms with E-state index in [0.717, 1.165) is 23.7 Å². The molecule has 0 bridgehead atoms. The van der Waals surface area contributed by atoms with Crippen molar-refractivity contribution in [3.05, 3.63) is 24.3 Å². The Kier molecular flexibility index (Phi) is 3.89. The fourth-order valence-corrected chi connectivity index (χ4v) is 3.81. The highest BCUT2D eigenvalue weighted by Crippen LogP contribution is 2.44. The molecule has 1 fully saturated rings. The van der Waals surface area contributed by atoms with Crippen LogP contribution < -0.4 is 0 Å². The van der Waals surface area contributed by atoms with Crippen molar-refractivity contribution >= 4 is 0 Å². The lowest BCUT2D eigenvalue weighted by Crippen LogP contribution is -2.23. The second kappa shape index (κ2) is 5.21. The van der Waals surface area contributed by atoms with Crippen molar-refractivity contribution < 1.29 is 0 Å². The highest BCUT2D eigenvalue weighted by atomic mass is 14.4. The second-order valence-corrected chi connectivity index (χ2v) is 5.60. The van der Waals surface area contributed by atoms with Gasteiger partial charge in [0.1, 0.15) is 0 Å². The van der Waals surface area contributed by atoms with Gasteiger partial charge in [-0.25, -0.2) is 0 Å². The Morgan fingerprint density at radius 2 is 1.88 bits per heavy atom. The molecule has 0 aromatic heterocycles. The molecule has 0 saturated heterocycles. The molecule has 0 nitrogen and oxygen atoms in total. The molecule has 0 heterocycles. The van der Waals surface area contributed by atoms with Crippen molar-refractivity contribution in [3.8, 4) is 0 Å². The number of hydrogen-bond acceptors (Lipinski definition) is 0. The average Bonchev–Trinajstić information content (AvgIpc) is 2.46. The number of allylic oxidation sites excluding steroid dienone is 3. The third-order valence-corrected chi connectivity index (χ3v) is 4.81. The van der Waals surface area contributed by atoms with E-state index >= 15 is 0 Å². The molecule has 2 rings (SSSR count). The monoisotopic (exact) mass is 218 g/mol. The van der Waals surface area contributed by atoms with E-state index in [1.807, 2.05) is 0 Å². The van der Waals surface area contributed by atoms with E-state index < -0.39 is 0 Å². The summed E-state index contributed by atoms with van der Waals surface area (Å²) in [5.74, 6) is 3.11. The summed E-state index contributed by atoms with van der Waals surface area (Å²) in [4.78, 5) is 0. The average molecular weight is 218 g/mol. The zero-order chi connectivity index (χ0) is 11.5. The minimum atomic E-state index is 0.745. The normalized spacial score (nSPS) is 39.2. The first-order valence-electron chi connectivity index (χ1n) is 7.14. The van der Waals surface area contributed by atoms with Gasteiger partial charge in [0.2, 0.25) is 0 Å². The standard InChI is InChI=1S/C16H26/c1-4-13-10-11-14-8-6-7-9-16(14)12(3)15(13)5-2/h10-11,13-16H,3-9H2,1-2H3. The van der Waals surface area contributed by atoms with Crippen LogP contribution in [0.4, 0.5) is 0 Å². The van der Waals surface area contributed by atoms with Crippen LogP contribution in [0.1, 0.15) is 52.4 Å². The molecule has 0 aromatic rings. The minimum Gasteiger partial charge on any atom is -0.0993 e. The van der Waals surface area contributed by atoms with Gasteiger partial charge in [-0.15, -0.1) is 0 Å². The fourth-order valence-electron chi connectivity index (χ4n) is 3.81. The molecule has 1 saturated carbocycles. The zero-order valence-electron chi connectivity index (χ0n) is 10.9. The Morgan fingerprint density at radius 1 is 1.12 bits per heavy atom. The van der Waals surface area contributed by atoms with Crippen molar-refractivity contribution in [2.45, 2.75) is 52.4 Å². The molecule has 0 spiro atoms. The van der Waals surface area contributed by atoms with Gasteiger partial charge < -0.3 is 0 Å². The van der Waals surface area contributed by atoms with Crippen LogP contribution in [-0.4, -0.2) is 0 Å². The lowest BCUT2D eigenvalue weighted by atomic mass is 9.71. The highest BCUT2D eigenvalue weighted by molar-refractivity contribution is 5.18. The summed E-state index contributed by atoms with van der Waals surface area (Å²) in [6.07, 6.45) is 13.2. The van der Waals surface area contributed by atoms with Gasteiger partial charge in [-0.2, -0.15) is 0 Å². The molecule has 0 aliphatic heterocycles. The summed E-state index contributed by atoms with van der Waals surface area (Å²) in [6, 6.07) is 0. The molecule has 4 atom stereocenters. The van der Waals surface area contributed by atoms with E-state index in [1.54, 1.807) is 5.57 Å². The van der Waals surface area contributed by atoms with Gasteiger partial charge in [0, 0.05) is 0 Å². The van der Waals surface area contributed by atoms with E-state index in [0.29, 0.717) is 0 Å². The topological polar surface area (TPSA) is 0 Å². The van der Waals surface area contributed by atoms with Crippen molar-refractivity contribution in [2.24, 2.45) is 23.7 Å². The second-order valence-electron chi connectivity index (χ2n) is 5.60. The van der Waals surface area contributed by atoms with Crippen LogP contribution in [0.25, 0.3) is 0 Å². The third-order valence-electron chi connectivity index (χ3n) is 4.81. The quantitative estimate of drug-likeness (QED) is 0.574. The zero-order valence-corrected chi connectivity index (χ0v) is 10.9. The molecular weight excluding hydrogens is 192 g/mol. The van der Waals surface area contributed by atoms with Crippen LogP contribution in [-0.2, 0) is 0 Å². The van der Waals surface area contributed by atoms with Crippen LogP contribution >= 0.6 is 0 Å². The molecule has 0 aromatic carbocycles. The maximum absolute atomic E-state index is 4.47. The summed E-state index contributed by atoms with van der Waals surface area (Å²) in [5, 5.41) is 0. The molecule has 4 unspecified atom stereocenters. The highest BCUT2D eigenvalue weighted by Gasteiger charge is 2.33. The molecule has 2 aliphatic rings. The predicted molar refractivity (Wildman–Crippen MR) is 71.3 cm³/mol. The maximum atomic E-state index is 4.47. The first-order valence-corrected chi connectivity index (χ1v) is 7.14. The summed E-state index contributed by atoms with van der Waals surface area (Å²) in [6.45, 7) is 9.12. The van der Waals surface area contributed by atoms with Gasteiger partial charge in [0.05, 0.1) is 0 Å². The number of hydrogen-bond donors (Lipinski definition) is 0. The molecule has 2 aliphatic carbocycles. The SMILES string of the molecule is C=C1C(CC)C(CC)C=CC2CCCCC12. The largest absolute Gasteiger partial charge is 0.0993 e. The van der Waals surface area contributed by atoms with E-state index in [-0.39, 0.29) is 0 Å². The number of fused-ring (bicyclic) bond motifs is 1. The van der Waals surface area contributed by atoms with Crippen molar-refractivity contribution in [2.75, 3.05) is 0 Å². The Morgan fingerprint density at radius 3 is 2.56 bits per heavy atom. The van der Waals surface area contributed by atoms with E-state index in [9.17, 15) is 0 Å². The first-order chi connectivity index (χ1) is 7.77. The lowest BCUT2D eigenvalue weighted by Gasteiger charge is -2.33. The first kappa shape index (κ1) is 12.0. The number of rotatable bonds is 2. The van der Waals surface area contributed by atoms with Gasteiger partial charge in [-0.05, 0) is 49.4 Å². The van der Waals surface area contributed by atoms with E-state index in [1.165, 1.54) is 38.5 Å². The van der Waals surface area contributed by atoms with E-state index in [4.69, 9.17) is 0 Å². The Balaban J connectivity index is 2.23. The van der Waals surface area contributed by atoms with E-state index in [2.05, 4.69) is 32.6 Å². The van der Waals surface area contributed by atoms with Crippen LogP contribution in [0.3, 0.4) is 0 Å². The molecule has 0 N–H and O–H groups in total. The summed E-state index contributed by atoms with van der Waals surface area (Å²) in [7, 11) is 0. The van der Waals surface area contributed by atoms with Crippen LogP contribution in [0.15, 0.2) is 24.3 Å². The van der Waals surface area contributed by atoms with Crippen LogP contribution in [0.5, 0.6) is 0 Å². The van der Waals surface area contributed by atoms with Crippen molar-refractivity contribution in [3.63, 3.8) is 0 Å². The van der Waals surface area contributed by atoms with Crippen LogP contribution in [0.2, 0.25) is 0 Å². The van der Waals surface area contributed by atoms with Crippen molar-refractivity contribution in [1.82, 2.24) is 0 Å². The Labute approximate surface area is 101 Å². The molecule has 0 radical (unpaired) electrons. The molecule has 0 heteroatoms. The smallest absolute Gasteiger partial charge is 0.0140 e. The molecule has 0 amide bonds. The summed E-state index contributed by atoms with van der Waals surface area (Å²) in [5.41, 5.74) is 1.57. The van der Waals surface area contributed by atoms with Gasteiger partial charge in [-0.3, -0.25) is 0 Å². The Hall–Kier alpha value is -0.520. The van der Waals surface area contributed by atoms with Gasteiger partial charge in [0.15, 0.2) is 0 Å². The predicted octanol–water partition coefficient (Wildman–Crippen LogP) is 4.97. The fraction of sp³-hybridized carbons (Fsp3) is 0.750. The summed E-state index contributed by atoms with van der Waals surface area (Å²) < 4.78 is 0. The van der Waals surface area contributed by atoms with Gasteiger partial charge >= 0.3 is 0 Å². The minimum absolute atomic E-state index is 0.745. The van der Waals surface area contributed by atoms with Crippen molar-refractivity contribution in [1.29, 1.82) is 0 Å². The van der Waals surface area contributed by atoms with Gasteiger partial charge in [-0.1, -0.05) is 51.0 Å². The molecule has 90 valence electrons. The summed E-state index contributed by atoms with van der Waals surface area (Å²) >= 11 is 0. The molecular formula is C16H26. The van der Waals surface area contributed by atoms with Crippen LogP contribution in [0, 0.1) is 23.7 Å².